The van der Waals surface area contributed by atoms with Gasteiger partial charge in [0.25, 0.3) is 0 Å². The van der Waals surface area contributed by atoms with Crippen LogP contribution < -0.4 is 5.32 Å². The molecule has 2 heterocycles. The van der Waals surface area contributed by atoms with Crippen LogP contribution in [0.25, 0.3) is 0 Å². The fourth-order valence-corrected chi connectivity index (χ4v) is 2.13. The van der Waals surface area contributed by atoms with Gasteiger partial charge in [-0.3, -0.25) is 10.1 Å². The van der Waals surface area contributed by atoms with Gasteiger partial charge in [-0.2, -0.15) is 0 Å². The predicted octanol–water partition coefficient (Wildman–Crippen LogP) is 2.02. The van der Waals surface area contributed by atoms with Crippen molar-refractivity contribution >= 4 is 23.1 Å². The Bertz CT molecular complexity index is 451. The van der Waals surface area contributed by atoms with E-state index in [4.69, 9.17) is 16.3 Å². The molecule has 1 aromatic rings. The van der Waals surface area contributed by atoms with Crippen LogP contribution in [0.5, 0.6) is 0 Å². The van der Waals surface area contributed by atoms with Gasteiger partial charge in [0, 0.05) is 6.61 Å². The van der Waals surface area contributed by atoms with Crippen molar-refractivity contribution in [1.29, 1.82) is 0 Å². The van der Waals surface area contributed by atoms with Crippen molar-refractivity contribution in [3.8, 4) is 0 Å². The molecule has 1 saturated heterocycles. The predicted molar refractivity (Wildman–Crippen MR) is 65.8 cm³/mol. The molecule has 2 unspecified atom stereocenters. The van der Waals surface area contributed by atoms with E-state index in [1.165, 1.54) is 6.33 Å². The highest BCUT2D eigenvalue weighted by molar-refractivity contribution is 6.31. The van der Waals surface area contributed by atoms with E-state index in [9.17, 15) is 10.1 Å². The number of anilines is 1. The fourth-order valence-electron chi connectivity index (χ4n) is 1.93. The molecule has 2 rings (SSSR count). The van der Waals surface area contributed by atoms with Gasteiger partial charge < -0.3 is 10.1 Å². The van der Waals surface area contributed by atoms with Crippen molar-refractivity contribution in [2.75, 3.05) is 11.9 Å². The van der Waals surface area contributed by atoms with Crippen LogP contribution in [0.15, 0.2) is 6.33 Å². The van der Waals surface area contributed by atoms with Gasteiger partial charge in [0.2, 0.25) is 11.0 Å². The summed E-state index contributed by atoms with van der Waals surface area (Å²) < 4.78 is 5.51. The molecule has 0 spiro atoms. The van der Waals surface area contributed by atoms with Crippen LogP contribution in [-0.2, 0) is 4.74 Å². The third-order valence-electron chi connectivity index (χ3n) is 2.85. The third-order valence-corrected chi connectivity index (χ3v) is 3.12. The van der Waals surface area contributed by atoms with E-state index in [2.05, 4.69) is 15.3 Å². The van der Waals surface area contributed by atoms with Crippen LogP contribution in [0.2, 0.25) is 5.15 Å². The topological polar surface area (TPSA) is 90.2 Å². The molecular weight excluding hydrogens is 260 g/mol. The third kappa shape index (κ3) is 2.68. The maximum Gasteiger partial charge on any atom is 0.348 e. The number of ether oxygens (including phenoxy) is 1. The van der Waals surface area contributed by atoms with Crippen LogP contribution in [-0.4, -0.2) is 33.6 Å². The van der Waals surface area contributed by atoms with E-state index in [-0.39, 0.29) is 28.8 Å². The molecular formula is C10H13ClN4O3. The highest BCUT2D eigenvalue weighted by Crippen LogP contribution is 2.29. The second kappa shape index (κ2) is 5.45. The monoisotopic (exact) mass is 272 g/mol. The van der Waals surface area contributed by atoms with Gasteiger partial charge in [0.15, 0.2) is 0 Å². The molecule has 1 aromatic heterocycles. The molecule has 0 radical (unpaired) electrons. The Morgan fingerprint density at radius 1 is 1.67 bits per heavy atom. The number of rotatable bonds is 4. The van der Waals surface area contributed by atoms with E-state index >= 15 is 0 Å². The quantitative estimate of drug-likeness (QED) is 0.512. The van der Waals surface area contributed by atoms with E-state index < -0.39 is 4.92 Å². The Balaban J connectivity index is 2.17. The summed E-state index contributed by atoms with van der Waals surface area (Å²) in [6.45, 7) is 2.62. The highest BCUT2D eigenvalue weighted by atomic mass is 35.5. The summed E-state index contributed by atoms with van der Waals surface area (Å²) in [4.78, 5) is 17.8. The van der Waals surface area contributed by atoms with Gasteiger partial charge in [-0.1, -0.05) is 11.6 Å². The van der Waals surface area contributed by atoms with Gasteiger partial charge in [-0.25, -0.2) is 9.97 Å². The zero-order chi connectivity index (χ0) is 13.1. The molecule has 1 N–H and O–H groups in total. The molecule has 0 saturated carbocycles. The summed E-state index contributed by atoms with van der Waals surface area (Å²) in [5.74, 6) is 0.128. The molecule has 0 aromatic carbocycles. The molecule has 0 bridgehead atoms. The first-order valence-corrected chi connectivity index (χ1v) is 6.00. The molecule has 1 aliphatic heterocycles. The Morgan fingerprint density at radius 3 is 3.06 bits per heavy atom. The first-order valence-electron chi connectivity index (χ1n) is 5.62. The van der Waals surface area contributed by atoms with Crippen LogP contribution >= 0.6 is 11.6 Å². The number of nitro groups is 1. The minimum atomic E-state index is -0.590. The lowest BCUT2D eigenvalue weighted by Gasteiger charge is -2.20. The molecule has 1 aliphatic rings. The Hall–Kier alpha value is -1.47. The Kier molecular flexibility index (Phi) is 3.93. The van der Waals surface area contributed by atoms with Crippen molar-refractivity contribution in [2.45, 2.75) is 31.9 Å². The number of nitrogens with one attached hydrogen (secondary N) is 1. The smallest absolute Gasteiger partial charge is 0.348 e. The summed E-state index contributed by atoms with van der Waals surface area (Å²) in [6, 6.07) is -0.0721. The van der Waals surface area contributed by atoms with E-state index in [1.54, 1.807) is 0 Å². The number of halogens is 1. The second-order valence-corrected chi connectivity index (χ2v) is 4.46. The minimum absolute atomic E-state index is 0.0401. The van der Waals surface area contributed by atoms with Gasteiger partial charge >= 0.3 is 5.69 Å². The number of nitrogens with zero attached hydrogens (tertiary/aromatic N) is 3. The molecule has 2 atom stereocenters. The highest BCUT2D eigenvalue weighted by Gasteiger charge is 2.27. The van der Waals surface area contributed by atoms with Crippen molar-refractivity contribution < 1.29 is 9.66 Å². The molecule has 0 aliphatic carbocycles. The van der Waals surface area contributed by atoms with E-state index in [1.807, 2.05) is 6.92 Å². The van der Waals surface area contributed by atoms with Gasteiger partial charge in [-0.05, 0) is 19.8 Å². The first-order chi connectivity index (χ1) is 8.59. The molecule has 18 heavy (non-hydrogen) atoms. The van der Waals surface area contributed by atoms with Gasteiger partial charge in [0.05, 0.1) is 17.1 Å². The summed E-state index contributed by atoms with van der Waals surface area (Å²) in [5, 5.41) is 13.7. The lowest BCUT2D eigenvalue weighted by molar-refractivity contribution is -0.384. The molecule has 7 nitrogen and oxygen atoms in total. The lowest BCUT2D eigenvalue weighted by Crippen LogP contribution is -2.30. The zero-order valence-corrected chi connectivity index (χ0v) is 10.6. The van der Waals surface area contributed by atoms with E-state index in [0.717, 1.165) is 19.4 Å². The largest absolute Gasteiger partial charge is 0.376 e. The summed E-state index contributed by atoms with van der Waals surface area (Å²) in [5.41, 5.74) is -0.302. The van der Waals surface area contributed by atoms with Crippen LogP contribution in [0.4, 0.5) is 11.5 Å². The van der Waals surface area contributed by atoms with Crippen LogP contribution in [0, 0.1) is 10.1 Å². The number of hydrogen-bond acceptors (Lipinski definition) is 6. The standard InChI is InChI=1S/C10H13ClN4O3/c1-6(7-3-2-4-18-7)14-10-8(15(16)17)9(11)12-5-13-10/h5-7H,2-4H2,1H3,(H,12,13,14). The SMILES string of the molecule is CC(Nc1ncnc(Cl)c1[N+](=O)[O-])C1CCCO1. The van der Waals surface area contributed by atoms with Crippen molar-refractivity contribution in [3.05, 3.63) is 21.6 Å². The van der Waals surface area contributed by atoms with Gasteiger partial charge in [0.1, 0.15) is 6.33 Å². The molecule has 98 valence electrons. The first kappa shape index (κ1) is 13.0. The lowest BCUT2D eigenvalue weighted by atomic mass is 10.1. The maximum absolute atomic E-state index is 10.9. The summed E-state index contributed by atoms with van der Waals surface area (Å²) >= 11 is 5.70. The second-order valence-electron chi connectivity index (χ2n) is 4.10. The molecule has 1 fully saturated rings. The van der Waals surface area contributed by atoms with Crippen LogP contribution in [0.3, 0.4) is 0 Å². The van der Waals surface area contributed by atoms with Gasteiger partial charge in [-0.15, -0.1) is 0 Å². The number of hydrogen-bond donors (Lipinski definition) is 1. The fraction of sp³-hybridized carbons (Fsp3) is 0.600. The average molecular weight is 273 g/mol. The molecule has 8 heteroatoms. The number of aromatic nitrogens is 2. The zero-order valence-electron chi connectivity index (χ0n) is 9.80. The summed E-state index contributed by atoms with van der Waals surface area (Å²) in [6.07, 6.45) is 3.17. The minimum Gasteiger partial charge on any atom is -0.376 e. The Labute approximate surface area is 109 Å². The normalized spacial score (nSPS) is 20.7. The molecule has 0 amide bonds. The van der Waals surface area contributed by atoms with Crippen LogP contribution in [0.1, 0.15) is 19.8 Å². The van der Waals surface area contributed by atoms with Crippen molar-refractivity contribution in [1.82, 2.24) is 9.97 Å². The average Bonchev–Trinajstić information content (AvgIpc) is 2.81. The van der Waals surface area contributed by atoms with Crippen molar-refractivity contribution in [2.24, 2.45) is 0 Å². The van der Waals surface area contributed by atoms with Crippen molar-refractivity contribution in [3.63, 3.8) is 0 Å². The van der Waals surface area contributed by atoms with E-state index in [0.29, 0.717) is 0 Å². The maximum atomic E-state index is 10.9. The Morgan fingerprint density at radius 2 is 2.44 bits per heavy atom. The summed E-state index contributed by atoms with van der Waals surface area (Å²) in [7, 11) is 0.